The number of aromatic nitrogens is 7. The molecule has 0 radical (unpaired) electrons. The minimum Gasteiger partial charge on any atom is -0.481 e. The van der Waals surface area contributed by atoms with Crippen molar-refractivity contribution in [1.82, 2.24) is 34.8 Å². The number of nitrogens with zero attached hydrogens (tertiary/aromatic N) is 7. The van der Waals surface area contributed by atoms with Crippen LogP contribution >= 0.6 is 0 Å². The fraction of sp³-hybridized carbons (Fsp3) is 0.130. The number of cyclic esters (lactones) is 1. The summed E-state index contributed by atoms with van der Waals surface area (Å²) in [5.74, 6) is 1.60. The second-order valence-corrected chi connectivity index (χ2v) is 7.59. The van der Waals surface area contributed by atoms with Crippen LogP contribution in [0.25, 0.3) is 28.2 Å². The van der Waals surface area contributed by atoms with Crippen molar-refractivity contribution >= 4 is 17.6 Å². The molecule has 5 aromatic rings. The quantitative estimate of drug-likeness (QED) is 0.429. The third-order valence-electron chi connectivity index (χ3n) is 5.65. The Morgan fingerprint density at radius 1 is 1.09 bits per heavy atom. The number of aromatic amines is 1. The lowest BCUT2D eigenvalue weighted by Crippen LogP contribution is -2.28. The minimum atomic E-state index is -0.482. The molecule has 1 aliphatic rings. The van der Waals surface area contributed by atoms with Crippen molar-refractivity contribution in [2.45, 2.75) is 6.04 Å². The van der Waals surface area contributed by atoms with E-state index in [2.05, 4.69) is 25.3 Å². The van der Waals surface area contributed by atoms with E-state index in [1.54, 1.807) is 36.2 Å². The number of carbonyl (C=O) groups excluding carboxylic acids is 1. The summed E-state index contributed by atoms with van der Waals surface area (Å²) in [4.78, 5) is 27.6. The van der Waals surface area contributed by atoms with Gasteiger partial charge in [0, 0.05) is 23.4 Å². The van der Waals surface area contributed by atoms with E-state index in [0.29, 0.717) is 28.9 Å². The number of methoxy groups -OCH3 is 1. The normalized spacial score (nSPS) is 15.6. The Bertz CT molecular complexity index is 1480. The molecule has 0 bridgehead atoms. The van der Waals surface area contributed by atoms with Crippen LogP contribution in [0.3, 0.4) is 0 Å². The second kappa shape index (κ2) is 7.96. The maximum atomic E-state index is 12.7. The summed E-state index contributed by atoms with van der Waals surface area (Å²) in [5.41, 5.74) is 3.94. The average Bonchev–Trinajstić information content (AvgIpc) is 3.64. The lowest BCUT2D eigenvalue weighted by molar-refractivity contribution is 0.178. The van der Waals surface area contributed by atoms with Gasteiger partial charge in [0.05, 0.1) is 19.0 Å². The molecule has 1 fully saturated rings. The van der Waals surface area contributed by atoms with Crippen LogP contribution in [-0.4, -0.2) is 54.6 Å². The molecule has 168 valence electrons. The zero-order chi connectivity index (χ0) is 23.1. The summed E-state index contributed by atoms with van der Waals surface area (Å²) in [6.07, 6.45) is 4.51. The number of nitrogens with one attached hydrogen (secondary N) is 1. The molecular formula is C23H18N8O3. The van der Waals surface area contributed by atoms with Gasteiger partial charge in [0.1, 0.15) is 24.8 Å². The third-order valence-corrected chi connectivity index (χ3v) is 5.65. The number of fused-ring (bicyclic) bond motifs is 1. The standard InChI is InChI=1S/C23H18N8O3/c1-33-20-4-2-3-17(27-20)18-12-34-23(32)31(18)19-9-10-30-22(28-19)16(11-26-30)14-5-7-15(8-6-14)21-24-13-25-29-21/h2-11,13,18H,12H2,1H3,(H,24,25,29)/t18-/m1/s1. The van der Waals surface area contributed by atoms with Gasteiger partial charge in [0.2, 0.25) is 5.88 Å². The van der Waals surface area contributed by atoms with Crippen molar-refractivity contribution in [3.63, 3.8) is 0 Å². The van der Waals surface area contributed by atoms with Crippen molar-refractivity contribution in [2.75, 3.05) is 18.6 Å². The van der Waals surface area contributed by atoms with E-state index < -0.39 is 12.1 Å². The van der Waals surface area contributed by atoms with E-state index in [0.717, 1.165) is 16.7 Å². The highest BCUT2D eigenvalue weighted by atomic mass is 16.6. The Balaban J connectivity index is 1.38. The molecule has 0 spiro atoms. The number of hydrogen-bond donors (Lipinski definition) is 1. The van der Waals surface area contributed by atoms with E-state index in [1.165, 1.54) is 11.2 Å². The summed E-state index contributed by atoms with van der Waals surface area (Å²) in [6.45, 7) is 0.168. The molecule has 34 heavy (non-hydrogen) atoms. The summed E-state index contributed by atoms with van der Waals surface area (Å²) in [5, 5.41) is 11.2. The van der Waals surface area contributed by atoms with Crippen molar-refractivity contribution in [3.05, 3.63) is 72.9 Å². The van der Waals surface area contributed by atoms with Gasteiger partial charge in [-0.1, -0.05) is 30.3 Å². The van der Waals surface area contributed by atoms with Crippen LogP contribution in [0.5, 0.6) is 5.88 Å². The molecule has 1 aliphatic heterocycles. The maximum absolute atomic E-state index is 12.7. The number of H-pyrrole nitrogens is 1. The van der Waals surface area contributed by atoms with Crippen LogP contribution in [0.1, 0.15) is 11.7 Å². The first-order valence-electron chi connectivity index (χ1n) is 10.5. The van der Waals surface area contributed by atoms with E-state index >= 15 is 0 Å². The first-order valence-corrected chi connectivity index (χ1v) is 10.5. The van der Waals surface area contributed by atoms with Crippen LogP contribution in [0, 0.1) is 0 Å². The lowest BCUT2D eigenvalue weighted by atomic mass is 10.1. The Hall–Kier alpha value is -4.80. The van der Waals surface area contributed by atoms with Crippen molar-refractivity contribution in [2.24, 2.45) is 0 Å². The zero-order valence-corrected chi connectivity index (χ0v) is 18.0. The van der Waals surface area contributed by atoms with Crippen LogP contribution in [0.15, 0.2) is 67.3 Å². The van der Waals surface area contributed by atoms with Gasteiger partial charge in [0.15, 0.2) is 11.5 Å². The van der Waals surface area contributed by atoms with Gasteiger partial charge in [-0.3, -0.25) is 5.10 Å². The van der Waals surface area contributed by atoms with Crippen molar-refractivity contribution in [3.8, 4) is 28.4 Å². The smallest absolute Gasteiger partial charge is 0.416 e. The van der Waals surface area contributed by atoms with Gasteiger partial charge in [-0.15, -0.1) is 0 Å². The number of rotatable bonds is 5. The molecule has 0 unspecified atom stereocenters. The fourth-order valence-electron chi connectivity index (χ4n) is 3.97. The Morgan fingerprint density at radius 3 is 2.74 bits per heavy atom. The predicted octanol–water partition coefficient (Wildman–Crippen LogP) is 3.28. The molecule has 11 heteroatoms. The number of pyridine rings is 1. The van der Waals surface area contributed by atoms with Crippen LogP contribution in [0.4, 0.5) is 10.6 Å². The molecule has 1 aromatic carbocycles. The molecule has 1 atom stereocenters. The van der Waals surface area contributed by atoms with E-state index in [9.17, 15) is 4.79 Å². The highest BCUT2D eigenvalue weighted by Crippen LogP contribution is 2.33. The summed E-state index contributed by atoms with van der Waals surface area (Å²) in [7, 11) is 1.55. The van der Waals surface area contributed by atoms with Crippen molar-refractivity contribution in [1.29, 1.82) is 0 Å². The highest BCUT2D eigenvalue weighted by molar-refractivity contribution is 5.90. The molecule has 0 aliphatic carbocycles. The molecule has 6 rings (SSSR count). The molecule has 1 amide bonds. The topological polar surface area (TPSA) is 123 Å². The predicted molar refractivity (Wildman–Crippen MR) is 121 cm³/mol. The van der Waals surface area contributed by atoms with Gasteiger partial charge in [-0.2, -0.15) is 10.2 Å². The summed E-state index contributed by atoms with van der Waals surface area (Å²) < 4.78 is 12.3. The van der Waals surface area contributed by atoms with Gasteiger partial charge in [-0.05, 0) is 17.7 Å². The second-order valence-electron chi connectivity index (χ2n) is 7.59. The van der Waals surface area contributed by atoms with Gasteiger partial charge in [0.25, 0.3) is 0 Å². The average molecular weight is 454 g/mol. The molecule has 5 heterocycles. The SMILES string of the molecule is COc1cccc([C@H]2COC(=O)N2c2ccn3ncc(-c4ccc(-c5ncn[nH]5)cc4)c3n2)n1. The molecule has 1 N–H and O–H groups in total. The summed E-state index contributed by atoms with van der Waals surface area (Å²) in [6, 6.07) is 14.6. The molecule has 11 nitrogen and oxygen atoms in total. The van der Waals surface area contributed by atoms with Crippen molar-refractivity contribution < 1.29 is 14.3 Å². The number of hydrogen-bond acceptors (Lipinski definition) is 8. The van der Waals surface area contributed by atoms with Crippen LogP contribution in [0.2, 0.25) is 0 Å². The minimum absolute atomic E-state index is 0.168. The molecular weight excluding hydrogens is 436 g/mol. The summed E-state index contributed by atoms with van der Waals surface area (Å²) >= 11 is 0. The Kier molecular flexibility index (Phi) is 4.65. The number of amides is 1. The van der Waals surface area contributed by atoms with E-state index in [4.69, 9.17) is 14.5 Å². The van der Waals surface area contributed by atoms with Crippen LogP contribution in [-0.2, 0) is 4.74 Å². The number of benzene rings is 1. The monoisotopic (exact) mass is 454 g/mol. The van der Waals surface area contributed by atoms with E-state index in [-0.39, 0.29) is 6.61 Å². The highest BCUT2D eigenvalue weighted by Gasteiger charge is 2.37. The third kappa shape index (κ3) is 3.30. The number of ether oxygens (including phenoxy) is 2. The van der Waals surface area contributed by atoms with E-state index in [1.807, 2.05) is 36.4 Å². The van der Waals surface area contributed by atoms with Gasteiger partial charge >= 0.3 is 6.09 Å². The number of anilines is 1. The maximum Gasteiger partial charge on any atom is 0.416 e. The number of carbonyl (C=O) groups is 1. The van der Waals surface area contributed by atoms with Gasteiger partial charge in [-0.25, -0.2) is 29.2 Å². The molecule has 1 saturated heterocycles. The molecule has 0 saturated carbocycles. The van der Waals surface area contributed by atoms with Gasteiger partial charge < -0.3 is 9.47 Å². The Labute approximate surface area is 193 Å². The molecule has 4 aromatic heterocycles. The fourth-order valence-corrected chi connectivity index (χ4v) is 3.97. The van der Waals surface area contributed by atoms with Crippen LogP contribution < -0.4 is 9.64 Å². The largest absolute Gasteiger partial charge is 0.481 e. The first kappa shape index (κ1) is 19.9. The Morgan fingerprint density at radius 2 is 1.94 bits per heavy atom. The first-order chi connectivity index (χ1) is 16.7. The zero-order valence-electron chi connectivity index (χ0n) is 18.0. The lowest BCUT2D eigenvalue weighted by Gasteiger charge is -2.20.